The quantitative estimate of drug-likeness (QED) is 0.0125. The van der Waals surface area contributed by atoms with Gasteiger partial charge in [0.15, 0.2) is 12.6 Å². The molecule has 4 N–H and O–H groups in total. The fourth-order valence-electron chi connectivity index (χ4n) is 6.15. The van der Waals surface area contributed by atoms with Crippen LogP contribution >= 0.6 is 0 Å². The van der Waals surface area contributed by atoms with E-state index in [-0.39, 0.29) is 31.1 Å². The molecule has 0 saturated heterocycles. The van der Waals surface area contributed by atoms with Crippen LogP contribution in [0.1, 0.15) is 80.3 Å². The molecule has 1 unspecified atom stereocenters. The number of para-hydroxylation sites is 1. The second kappa shape index (κ2) is 23.7. The van der Waals surface area contributed by atoms with Gasteiger partial charge in [-0.05, 0) is 61.4 Å². The Kier molecular flexibility index (Phi) is 18.2. The van der Waals surface area contributed by atoms with Crippen LogP contribution in [0.2, 0.25) is 0 Å². The first-order valence-corrected chi connectivity index (χ1v) is 19.1. The van der Waals surface area contributed by atoms with Crippen molar-refractivity contribution in [2.75, 3.05) is 33.7 Å². The number of benzene rings is 3. The lowest BCUT2D eigenvalue weighted by Gasteiger charge is -2.19. The van der Waals surface area contributed by atoms with Gasteiger partial charge >= 0.3 is 12.1 Å². The Hall–Kier alpha value is -6.47. The van der Waals surface area contributed by atoms with E-state index in [9.17, 15) is 24.5 Å². The van der Waals surface area contributed by atoms with Crippen LogP contribution in [-0.2, 0) is 39.9 Å². The fraction of sp³-hybridized carbons (Fsp3) is 0.425. The molecule has 4 aromatic rings. The number of hydrazine groups is 1. The molecule has 5 rings (SSSR count). The van der Waals surface area contributed by atoms with E-state index in [0.29, 0.717) is 54.7 Å². The molecule has 3 aromatic carbocycles. The Bertz CT molecular complexity index is 2000. The molecular weight excluding hydrogens is 770 g/mol. The van der Waals surface area contributed by atoms with Crippen molar-refractivity contribution in [3.63, 3.8) is 0 Å². The van der Waals surface area contributed by atoms with Gasteiger partial charge in [0.25, 0.3) is 17.6 Å². The average molecular weight is 822 g/mol. The van der Waals surface area contributed by atoms with Crippen LogP contribution < -0.4 is 16.3 Å². The van der Waals surface area contributed by atoms with Crippen LogP contribution in [-0.4, -0.2) is 90.2 Å². The zero-order chi connectivity index (χ0) is 42.6. The van der Waals surface area contributed by atoms with Gasteiger partial charge in [-0.15, -0.1) is 15.2 Å². The lowest BCUT2D eigenvalue weighted by atomic mass is 9.98. The SMILES string of the molecule is CCOc1nc2cccc(C(=O)OC(C)OC=O)c2n1Cc1ccc(-c2ccccc2/C(N)=N/N(N)COC(=O)OCCCCO[N+](=O)[O-])cc1.COC1CCCCC1. The topological polar surface area (TPSA) is 244 Å². The third-order valence-corrected chi connectivity index (χ3v) is 8.95. The predicted molar refractivity (Wildman–Crippen MR) is 214 cm³/mol. The highest BCUT2D eigenvalue weighted by atomic mass is 16.9. The number of hydrogen-bond donors (Lipinski definition) is 2. The van der Waals surface area contributed by atoms with E-state index < -0.39 is 30.2 Å². The summed E-state index contributed by atoms with van der Waals surface area (Å²) in [6.45, 7) is 3.51. The van der Waals surface area contributed by atoms with E-state index in [1.54, 1.807) is 34.9 Å². The summed E-state index contributed by atoms with van der Waals surface area (Å²) in [7, 11) is 1.82. The van der Waals surface area contributed by atoms with Crippen molar-refractivity contribution in [2.45, 2.75) is 77.7 Å². The summed E-state index contributed by atoms with van der Waals surface area (Å²) in [5.74, 6) is 5.24. The number of nitrogens with two attached hydrogens (primary N) is 2. The minimum absolute atomic E-state index is 0.0249. The maximum atomic E-state index is 13.0. The molecule has 1 atom stereocenters. The Labute approximate surface area is 341 Å². The Morgan fingerprint density at radius 3 is 2.41 bits per heavy atom. The lowest BCUT2D eigenvalue weighted by molar-refractivity contribution is -0.757. The number of hydrazone groups is 1. The number of rotatable bonds is 20. The lowest BCUT2D eigenvalue weighted by Crippen LogP contribution is -2.33. The molecule has 0 amide bonds. The van der Waals surface area contributed by atoms with Gasteiger partial charge in [0.1, 0.15) is 0 Å². The zero-order valence-corrected chi connectivity index (χ0v) is 33.4. The van der Waals surface area contributed by atoms with Crippen molar-refractivity contribution in [1.29, 1.82) is 0 Å². The third kappa shape index (κ3) is 14.1. The van der Waals surface area contributed by atoms with Gasteiger partial charge < -0.3 is 39.0 Å². The summed E-state index contributed by atoms with van der Waals surface area (Å²) in [5.41, 5.74) is 10.5. The molecule has 1 aromatic heterocycles. The third-order valence-electron chi connectivity index (χ3n) is 8.95. The minimum Gasteiger partial charge on any atom is -0.465 e. The normalized spacial score (nSPS) is 13.3. The van der Waals surface area contributed by atoms with E-state index in [2.05, 4.69) is 14.9 Å². The summed E-state index contributed by atoms with van der Waals surface area (Å²) in [6, 6.07) is 20.2. The van der Waals surface area contributed by atoms with Crippen LogP contribution in [0.3, 0.4) is 0 Å². The summed E-state index contributed by atoms with van der Waals surface area (Å²) in [5, 5.41) is 14.2. The summed E-state index contributed by atoms with van der Waals surface area (Å²) < 4.78 is 32.6. The van der Waals surface area contributed by atoms with Crippen molar-refractivity contribution < 1.29 is 52.7 Å². The number of carbonyl (C=O) groups is 3. The molecule has 0 bridgehead atoms. The Morgan fingerprint density at radius 2 is 1.73 bits per heavy atom. The van der Waals surface area contributed by atoms with Gasteiger partial charge in [0, 0.05) is 19.6 Å². The first-order chi connectivity index (χ1) is 28.5. The fourth-order valence-corrected chi connectivity index (χ4v) is 6.15. The number of unbranched alkanes of at least 4 members (excludes halogenated alkanes) is 1. The highest BCUT2D eigenvalue weighted by Gasteiger charge is 2.22. The van der Waals surface area contributed by atoms with Gasteiger partial charge in [-0.25, -0.2) is 15.4 Å². The molecule has 1 fully saturated rings. The maximum absolute atomic E-state index is 13.0. The number of nitrogens with zero attached hydrogens (tertiary/aromatic N) is 5. The second-order valence-corrected chi connectivity index (χ2v) is 13.1. The van der Waals surface area contributed by atoms with Gasteiger partial charge in [0.2, 0.25) is 6.29 Å². The van der Waals surface area contributed by atoms with E-state index in [4.69, 9.17) is 40.0 Å². The van der Waals surface area contributed by atoms with Gasteiger partial charge in [-0.1, -0.05) is 73.9 Å². The van der Waals surface area contributed by atoms with E-state index >= 15 is 0 Å². The number of methoxy groups -OCH3 is 1. The Morgan fingerprint density at radius 1 is 1.02 bits per heavy atom. The largest absolute Gasteiger partial charge is 0.510 e. The van der Waals surface area contributed by atoms with Crippen molar-refractivity contribution in [2.24, 2.45) is 16.7 Å². The molecule has 0 spiro atoms. The molecule has 59 heavy (non-hydrogen) atoms. The van der Waals surface area contributed by atoms with E-state index in [1.165, 1.54) is 39.0 Å². The molecule has 19 nitrogen and oxygen atoms in total. The zero-order valence-electron chi connectivity index (χ0n) is 33.4. The number of hydrogen-bond acceptors (Lipinski definition) is 16. The van der Waals surface area contributed by atoms with Crippen LogP contribution in [0.5, 0.6) is 6.01 Å². The molecule has 318 valence electrons. The molecule has 1 aliphatic rings. The van der Waals surface area contributed by atoms with Gasteiger partial charge in [-0.3, -0.25) is 9.36 Å². The molecule has 1 aliphatic carbocycles. The molecule has 1 heterocycles. The predicted octanol–water partition coefficient (Wildman–Crippen LogP) is 5.69. The van der Waals surface area contributed by atoms with Gasteiger partial charge in [0.05, 0.1) is 49.1 Å². The van der Waals surface area contributed by atoms with Crippen molar-refractivity contribution in [3.8, 4) is 17.1 Å². The molecule has 0 aliphatic heterocycles. The number of carbonyl (C=O) groups excluding carboxylic acids is 3. The van der Waals surface area contributed by atoms with Gasteiger partial charge in [-0.2, -0.15) is 10.1 Å². The Balaban J connectivity index is 0.000000856. The molecular formula is C40H51N7O12. The van der Waals surface area contributed by atoms with E-state index in [1.807, 2.05) is 50.4 Å². The van der Waals surface area contributed by atoms with Crippen molar-refractivity contribution in [3.05, 3.63) is 93.5 Å². The van der Waals surface area contributed by atoms with Crippen LogP contribution in [0, 0.1) is 10.1 Å². The maximum Gasteiger partial charge on any atom is 0.510 e. The summed E-state index contributed by atoms with van der Waals surface area (Å²) >= 11 is 0. The number of fused-ring (bicyclic) bond motifs is 1. The standard InChI is InChI=1S/C33H37N7O11.C7H14O/c1-3-46-32-36-28-12-8-11-27(31(42)51-22(2)49-21-41)29(28)38(32)19-23-13-15-24(16-14-23)25-9-4-5-10-26(25)30(34)37-39(35)20-48-33(43)47-17-6-7-18-50-40(44)45;1-8-7-5-3-2-4-6-7/h4-5,8-16,21-22H,3,6-7,17-20,35H2,1-2H3,(H2,34,37);7H,2-6H2,1H3. The summed E-state index contributed by atoms with van der Waals surface area (Å²) in [6.07, 6.45) is 5.90. The smallest absolute Gasteiger partial charge is 0.465 e. The van der Waals surface area contributed by atoms with Crippen LogP contribution in [0.4, 0.5) is 4.79 Å². The molecule has 0 radical (unpaired) electrons. The highest BCUT2D eigenvalue weighted by molar-refractivity contribution is 6.03. The number of esters is 1. The highest BCUT2D eigenvalue weighted by Crippen LogP contribution is 2.29. The minimum atomic E-state index is -1.08. The first kappa shape index (κ1) is 45.2. The van der Waals surface area contributed by atoms with Crippen LogP contribution in [0.15, 0.2) is 71.8 Å². The van der Waals surface area contributed by atoms with E-state index in [0.717, 1.165) is 21.8 Å². The first-order valence-electron chi connectivity index (χ1n) is 19.1. The monoisotopic (exact) mass is 821 g/mol. The molecule has 1 saturated carbocycles. The van der Waals surface area contributed by atoms with Crippen LogP contribution in [0.25, 0.3) is 22.2 Å². The number of amidine groups is 1. The number of aromatic nitrogens is 2. The average Bonchev–Trinajstić information content (AvgIpc) is 3.58. The summed E-state index contributed by atoms with van der Waals surface area (Å²) in [4.78, 5) is 54.5. The number of ether oxygens (including phenoxy) is 6. The van der Waals surface area contributed by atoms with Crippen molar-refractivity contribution in [1.82, 2.24) is 14.7 Å². The number of imidazole rings is 1. The second-order valence-electron chi connectivity index (χ2n) is 13.1. The molecule has 19 heteroatoms. The van der Waals surface area contributed by atoms with Crippen molar-refractivity contribution >= 4 is 35.5 Å².